The van der Waals surface area contributed by atoms with Crippen molar-refractivity contribution in [2.45, 2.75) is 62.1 Å². The molecule has 2 saturated heterocycles. The zero-order valence-corrected chi connectivity index (χ0v) is 20.3. The molecule has 2 unspecified atom stereocenters. The van der Waals surface area contributed by atoms with E-state index in [-0.39, 0.29) is 17.3 Å². The minimum Gasteiger partial charge on any atom is -0.390 e. The standard InChI is InChI=1S/C20H23N3O2.C8H13NO/c21-17-16(12-15(13-22-17)14-4-2-1-3-5-14)18(24)23-19-6-9-20(25,10-7-19)11-8-19;1-6-2-9(3-7(1)6)8-4-10-5-8/h1-5,12-13,25H,6-11H2,(H2,21,22)(H,23,24);6-8H,1-5H2. The third kappa shape index (κ3) is 4.69. The summed E-state index contributed by atoms with van der Waals surface area (Å²) >= 11 is 0. The summed E-state index contributed by atoms with van der Waals surface area (Å²) in [7, 11) is 0. The molecule has 2 atom stereocenters. The Morgan fingerprint density at radius 1 is 1.03 bits per heavy atom. The van der Waals surface area contributed by atoms with Crippen LogP contribution in [0, 0.1) is 11.8 Å². The number of amides is 1. The van der Waals surface area contributed by atoms with Crippen LogP contribution in [0.5, 0.6) is 0 Å². The lowest BCUT2D eigenvalue weighted by atomic mass is 9.63. The average molecular weight is 477 g/mol. The highest BCUT2D eigenvalue weighted by Gasteiger charge is 2.49. The number of fused-ring (bicyclic) bond motifs is 4. The van der Waals surface area contributed by atoms with Gasteiger partial charge in [0.2, 0.25) is 0 Å². The molecule has 4 aliphatic carbocycles. The fraction of sp³-hybridized carbons (Fsp3) is 0.571. The van der Waals surface area contributed by atoms with Gasteiger partial charge in [0.15, 0.2) is 0 Å². The summed E-state index contributed by atoms with van der Waals surface area (Å²) < 4.78 is 5.16. The molecule has 3 heterocycles. The van der Waals surface area contributed by atoms with Crippen LogP contribution in [0.15, 0.2) is 42.6 Å². The number of ether oxygens (including phenoxy) is 1. The quantitative estimate of drug-likeness (QED) is 0.626. The van der Waals surface area contributed by atoms with Crippen LogP contribution in [0.4, 0.5) is 5.82 Å². The first-order valence-corrected chi connectivity index (χ1v) is 13.1. The van der Waals surface area contributed by atoms with E-state index in [0.717, 1.165) is 80.7 Å². The molecule has 0 spiro atoms. The molecule has 1 aromatic heterocycles. The summed E-state index contributed by atoms with van der Waals surface area (Å²) in [5, 5.41) is 13.6. The number of piperidine rings is 1. The zero-order chi connectivity index (χ0) is 24.0. The summed E-state index contributed by atoms with van der Waals surface area (Å²) in [5.74, 6) is 2.24. The number of likely N-dealkylation sites (tertiary alicyclic amines) is 1. The number of hydrogen-bond acceptors (Lipinski definition) is 6. The van der Waals surface area contributed by atoms with Gasteiger partial charge in [-0.25, -0.2) is 4.98 Å². The highest BCUT2D eigenvalue weighted by molar-refractivity contribution is 5.99. The summed E-state index contributed by atoms with van der Waals surface area (Å²) in [6.07, 6.45) is 7.94. The molecule has 7 heteroatoms. The number of nitrogens with two attached hydrogens (primary N) is 1. The number of hydrogen-bond donors (Lipinski definition) is 3. The number of pyridine rings is 1. The normalized spacial score (nSPS) is 33.3. The van der Waals surface area contributed by atoms with Gasteiger partial charge < -0.3 is 20.9 Å². The van der Waals surface area contributed by atoms with Crippen LogP contribution in [0.2, 0.25) is 0 Å². The second-order valence-electron chi connectivity index (χ2n) is 11.4. The maximum Gasteiger partial charge on any atom is 0.255 e. The number of aromatic nitrogens is 1. The van der Waals surface area contributed by atoms with E-state index in [9.17, 15) is 9.90 Å². The molecule has 6 aliphatic rings. The van der Waals surface area contributed by atoms with Gasteiger partial charge in [-0.1, -0.05) is 30.3 Å². The minimum atomic E-state index is -0.514. The Hall–Kier alpha value is -2.48. The summed E-state index contributed by atoms with van der Waals surface area (Å²) in [6.45, 7) is 4.75. The molecule has 7 nitrogen and oxygen atoms in total. The van der Waals surface area contributed by atoms with Gasteiger partial charge >= 0.3 is 0 Å². The number of nitrogen functional groups attached to an aromatic ring is 1. The van der Waals surface area contributed by atoms with E-state index in [1.165, 1.54) is 19.5 Å². The van der Waals surface area contributed by atoms with Gasteiger partial charge in [-0.05, 0) is 68.4 Å². The second kappa shape index (κ2) is 8.87. The van der Waals surface area contributed by atoms with Crippen LogP contribution in [0.1, 0.15) is 55.3 Å². The topological polar surface area (TPSA) is 101 Å². The Morgan fingerprint density at radius 2 is 1.69 bits per heavy atom. The molecule has 35 heavy (non-hydrogen) atoms. The molecule has 1 aromatic carbocycles. The molecule has 0 radical (unpaired) electrons. The molecule has 2 aromatic rings. The molecular formula is C28H36N4O3. The van der Waals surface area contributed by atoms with Gasteiger partial charge in [0, 0.05) is 30.4 Å². The molecule has 2 bridgehead atoms. The lowest BCUT2D eigenvalue weighted by Gasteiger charge is -2.51. The molecule has 4 saturated carbocycles. The van der Waals surface area contributed by atoms with E-state index >= 15 is 0 Å². The molecule has 6 fully saturated rings. The van der Waals surface area contributed by atoms with Crippen molar-refractivity contribution >= 4 is 11.7 Å². The first kappa shape index (κ1) is 23.0. The van der Waals surface area contributed by atoms with Crippen LogP contribution in [0.25, 0.3) is 11.1 Å². The number of benzene rings is 1. The van der Waals surface area contributed by atoms with E-state index in [0.29, 0.717) is 5.56 Å². The third-order valence-corrected chi connectivity index (χ3v) is 9.00. The van der Waals surface area contributed by atoms with Crippen molar-refractivity contribution in [3.63, 3.8) is 0 Å². The summed E-state index contributed by atoms with van der Waals surface area (Å²) in [4.78, 5) is 19.7. The highest BCUT2D eigenvalue weighted by atomic mass is 16.5. The van der Waals surface area contributed by atoms with Crippen LogP contribution >= 0.6 is 0 Å². The van der Waals surface area contributed by atoms with Gasteiger partial charge in [-0.3, -0.25) is 9.69 Å². The SMILES string of the molecule is C1C2CN(C3COC3)CC12.Nc1ncc(-c2ccccc2)cc1C(=O)NC12CCC(O)(CC1)CC2. The molecule has 8 rings (SSSR count). The molecule has 1 amide bonds. The fourth-order valence-electron chi connectivity index (χ4n) is 6.27. The lowest BCUT2D eigenvalue weighted by Crippen LogP contribution is -2.58. The predicted molar refractivity (Wildman–Crippen MR) is 135 cm³/mol. The molecule has 2 aliphatic heterocycles. The van der Waals surface area contributed by atoms with E-state index in [1.54, 1.807) is 6.20 Å². The molecular weight excluding hydrogens is 440 g/mol. The van der Waals surface area contributed by atoms with Crippen molar-refractivity contribution in [1.29, 1.82) is 0 Å². The smallest absolute Gasteiger partial charge is 0.255 e. The predicted octanol–water partition coefficient (Wildman–Crippen LogP) is 3.24. The summed E-state index contributed by atoms with van der Waals surface area (Å²) in [6, 6.07) is 12.4. The zero-order valence-electron chi connectivity index (χ0n) is 20.3. The van der Waals surface area contributed by atoms with Crippen molar-refractivity contribution in [2.75, 3.05) is 32.0 Å². The van der Waals surface area contributed by atoms with Gasteiger partial charge in [0.25, 0.3) is 5.91 Å². The number of carbonyl (C=O) groups is 1. The van der Waals surface area contributed by atoms with Crippen molar-refractivity contribution in [1.82, 2.24) is 15.2 Å². The average Bonchev–Trinajstić information content (AvgIpc) is 3.45. The van der Waals surface area contributed by atoms with Crippen molar-refractivity contribution < 1.29 is 14.6 Å². The van der Waals surface area contributed by atoms with Gasteiger partial charge in [-0.15, -0.1) is 0 Å². The largest absolute Gasteiger partial charge is 0.390 e. The maximum absolute atomic E-state index is 12.9. The number of aliphatic hydroxyl groups is 1. The third-order valence-electron chi connectivity index (χ3n) is 9.00. The van der Waals surface area contributed by atoms with Crippen molar-refractivity contribution in [3.8, 4) is 11.1 Å². The van der Waals surface area contributed by atoms with E-state index in [4.69, 9.17) is 10.5 Å². The lowest BCUT2D eigenvalue weighted by molar-refractivity contribution is -0.0702. The Balaban J connectivity index is 0.000000187. The monoisotopic (exact) mass is 476 g/mol. The Labute approximate surface area is 207 Å². The molecule has 186 valence electrons. The van der Waals surface area contributed by atoms with E-state index in [2.05, 4.69) is 15.2 Å². The second-order valence-corrected chi connectivity index (χ2v) is 11.4. The fourth-order valence-corrected chi connectivity index (χ4v) is 6.27. The van der Waals surface area contributed by atoms with Gasteiger partial charge in [0.1, 0.15) is 5.82 Å². The highest BCUT2D eigenvalue weighted by Crippen LogP contribution is 2.47. The number of nitrogens with one attached hydrogen (secondary N) is 1. The van der Waals surface area contributed by atoms with Crippen LogP contribution < -0.4 is 11.1 Å². The maximum atomic E-state index is 12.9. The van der Waals surface area contributed by atoms with Crippen molar-refractivity contribution in [2.24, 2.45) is 11.8 Å². The van der Waals surface area contributed by atoms with Crippen molar-refractivity contribution in [3.05, 3.63) is 48.2 Å². The number of nitrogens with zero attached hydrogens (tertiary/aromatic N) is 2. The first-order chi connectivity index (χ1) is 16.9. The Morgan fingerprint density at radius 3 is 2.29 bits per heavy atom. The van der Waals surface area contributed by atoms with Crippen LogP contribution in [-0.2, 0) is 4.74 Å². The number of rotatable bonds is 4. The van der Waals surface area contributed by atoms with Crippen LogP contribution in [0.3, 0.4) is 0 Å². The number of carbonyl (C=O) groups excluding carboxylic acids is 1. The van der Waals surface area contributed by atoms with Crippen LogP contribution in [-0.4, -0.2) is 64.4 Å². The minimum absolute atomic E-state index is 0.171. The Bertz CT molecular complexity index is 1050. The molecule has 4 N–H and O–H groups in total. The van der Waals surface area contributed by atoms with E-state index < -0.39 is 5.60 Å². The first-order valence-electron chi connectivity index (χ1n) is 13.1. The number of anilines is 1. The Kier molecular flexibility index (Phi) is 5.82. The van der Waals surface area contributed by atoms with Gasteiger partial charge in [-0.2, -0.15) is 0 Å². The van der Waals surface area contributed by atoms with E-state index in [1.807, 2.05) is 36.4 Å². The summed E-state index contributed by atoms with van der Waals surface area (Å²) in [5.41, 5.74) is 7.55. The van der Waals surface area contributed by atoms with Gasteiger partial charge in [0.05, 0.1) is 30.4 Å².